The lowest BCUT2D eigenvalue weighted by Gasteiger charge is -2.33. The number of fused-ring (bicyclic) bond motifs is 1. The third-order valence-corrected chi connectivity index (χ3v) is 7.45. The number of aryl methyl sites for hydroxylation is 1. The molecule has 6 heteroatoms. The van der Waals surface area contributed by atoms with Crippen LogP contribution in [0.4, 0.5) is 0 Å². The lowest BCUT2D eigenvalue weighted by atomic mass is 9.89. The van der Waals surface area contributed by atoms with Crippen LogP contribution in [-0.4, -0.2) is 46.7 Å². The molecule has 1 aliphatic heterocycles. The van der Waals surface area contributed by atoms with Crippen LogP contribution in [0.5, 0.6) is 0 Å². The average molecular weight is 472 g/mol. The number of amides is 2. The maximum Gasteiger partial charge on any atom is 0.255 e. The van der Waals surface area contributed by atoms with Gasteiger partial charge in [0.2, 0.25) is 5.91 Å². The van der Waals surface area contributed by atoms with Crippen LogP contribution in [0.1, 0.15) is 63.8 Å². The van der Waals surface area contributed by atoms with Crippen molar-refractivity contribution in [3.05, 3.63) is 88.6 Å². The van der Waals surface area contributed by atoms with Crippen molar-refractivity contribution < 1.29 is 14.0 Å². The Bertz CT molecular complexity index is 1170. The Morgan fingerprint density at radius 1 is 1.03 bits per heavy atom. The zero-order chi connectivity index (χ0) is 24.4. The van der Waals surface area contributed by atoms with Crippen molar-refractivity contribution in [2.45, 2.75) is 51.5 Å². The van der Waals surface area contributed by atoms with Crippen LogP contribution in [0.2, 0.25) is 0 Å². The van der Waals surface area contributed by atoms with Gasteiger partial charge in [0.1, 0.15) is 5.76 Å². The van der Waals surface area contributed by atoms with Crippen LogP contribution in [0, 0.1) is 12.8 Å². The first-order valence-corrected chi connectivity index (χ1v) is 12.6. The number of piperidine rings is 1. The van der Waals surface area contributed by atoms with E-state index in [2.05, 4.69) is 24.3 Å². The maximum absolute atomic E-state index is 13.3. The Balaban J connectivity index is 1.21. The van der Waals surface area contributed by atoms with Gasteiger partial charge in [0.05, 0.1) is 24.1 Å². The van der Waals surface area contributed by atoms with Crippen molar-refractivity contribution in [1.29, 1.82) is 0 Å². The Morgan fingerprint density at radius 3 is 2.40 bits per heavy atom. The molecule has 5 rings (SSSR count). The van der Waals surface area contributed by atoms with E-state index in [0.717, 1.165) is 42.8 Å². The molecule has 3 heterocycles. The van der Waals surface area contributed by atoms with Gasteiger partial charge >= 0.3 is 0 Å². The lowest BCUT2D eigenvalue weighted by molar-refractivity contribution is -0.133. The Hall–Kier alpha value is -3.41. The van der Waals surface area contributed by atoms with Crippen molar-refractivity contribution in [3.63, 3.8) is 0 Å². The van der Waals surface area contributed by atoms with E-state index in [1.807, 2.05) is 36.1 Å². The summed E-state index contributed by atoms with van der Waals surface area (Å²) in [5.41, 5.74) is 5.20. The summed E-state index contributed by atoms with van der Waals surface area (Å²) < 4.78 is 5.41. The van der Waals surface area contributed by atoms with Crippen LogP contribution < -0.4 is 0 Å². The van der Waals surface area contributed by atoms with Gasteiger partial charge in [-0.1, -0.05) is 24.3 Å². The Labute approximate surface area is 206 Å². The van der Waals surface area contributed by atoms with Gasteiger partial charge in [-0.25, -0.2) is 0 Å². The van der Waals surface area contributed by atoms with Gasteiger partial charge in [0.25, 0.3) is 5.91 Å². The number of carbonyl (C=O) groups is 2. The third kappa shape index (κ3) is 5.16. The summed E-state index contributed by atoms with van der Waals surface area (Å²) in [6.07, 6.45) is 5.90. The lowest BCUT2D eigenvalue weighted by Crippen LogP contribution is -2.39. The van der Waals surface area contributed by atoms with Crippen LogP contribution in [-0.2, 0) is 24.2 Å². The Kier molecular flexibility index (Phi) is 6.71. The quantitative estimate of drug-likeness (QED) is 0.520. The van der Waals surface area contributed by atoms with E-state index < -0.39 is 0 Å². The first-order valence-electron chi connectivity index (χ1n) is 12.6. The van der Waals surface area contributed by atoms with Crippen LogP contribution >= 0.6 is 0 Å². The minimum atomic E-state index is -0.0526. The molecule has 182 valence electrons. The van der Waals surface area contributed by atoms with Gasteiger partial charge in [-0.15, -0.1) is 0 Å². The number of nitrogens with zero attached hydrogens (tertiary/aromatic N) is 3. The molecule has 0 atom stereocenters. The monoisotopic (exact) mass is 471 g/mol. The van der Waals surface area contributed by atoms with E-state index in [-0.39, 0.29) is 17.7 Å². The number of pyridine rings is 1. The van der Waals surface area contributed by atoms with Crippen LogP contribution in [0.25, 0.3) is 0 Å². The van der Waals surface area contributed by atoms with Crippen LogP contribution in [0.15, 0.2) is 59.2 Å². The Morgan fingerprint density at radius 2 is 1.74 bits per heavy atom. The molecule has 3 aromatic rings. The fourth-order valence-electron chi connectivity index (χ4n) is 5.56. The second-order valence-corrected chi connectivity index (χ2v) is 10.0. The molecule has 1 aromatic carbocycles. The summed E-state index contributed by atoms with van der Waals surface area (Å²) in [5, 5.41) is 0. The van der Waals surface area contributed by atoms with Crippen molar-refractivity contribution in [3.8, 4) is 0 Å². The summed E-state index contributed by atoms with van der Waals surface area (Å²) in [6, 6.07) is 16.0. The minimum Gasteiger partial charge on any atom is -0.467 e. The molecule has 0 saturated carbocycles. The first-order chi connectivity index (χ1) is 17.0. The van der Waals surface area contributed by atoms with Crippen molar-refractivity contribution >= 4 is 11.8 Å². The van der Waals surface area contributed by atoms with E-state index >= 15 is 0 Å². The van der Waals surface area contributed by atoms with Gasteiger partial charge < -0.3 is 14.2 Å². The number of aromatic nitrogens is 1. The normalized spacial score (nSPS) is 16.3. The SMILES string of the molecule is Cc1ccc(C(=O)N(C)Cc2ccco2)c(C2CCN(C(=O)CC3Cc4ccccc4C3)CC2)n1. The largest absolute Gasteiger partial charge is 0.467 e. The smallest absolute Gasteiger partial charge is 0.255 e. The molecule has 1 aliphatic carbocycles. The van der Waals surface area contributed by atoms with Gasteiger partial charge in [0.15, 0.2) is 0 Å². The number of furan rings is 1. The maximum atomic E-state index is 13.3. The number of hydrogen-bond acceptors (Lipinski definition) is 4. The van der Waals surface area contributed by atoms with E-state index in [0.29, 0.717) is 37.5 Å². The summed E-state index contributed by atoms with van der Waals surface area (Å²) >= 11 is 0. The third-order valence-electron chi connectivity index (χ3n) is 7.45. The topological polar surface area (TPSA) is 66.7 Å². The number of benzene rings is 1. The molecule has 35 heavy (non-hydrogen) atoms. The fraction of sp³-hybridized carbons (Fsp3) is 0.414. The molecule has 1 fully saturated rings. The van der Waals surface area contributed by atoms with Gasteiger partial charge in [-0.3, -0.25) is 14.6 Å². The van der Waals surface area contributed by atoms with Gasteiger partial charge in [-0.2, -0.15) is 0 Å². The molecule has 2 amide bonds. The molecule has 2 aromatic heterocycles. The molecular weight excluding hydrogens is 438 g/mol. The summed E-state index contributed by atoms with van der Waals surface area (Å²) in [5.74, 6) is 1.53. The molecular formula is C29H33N3O3. The summed E-state index contributed by atoms with van der Waals surface area (Å²) in [7, 11) is 1.79. The van der Waals surface area contributed by atoms with Gasteiger partial charge in [0, 0.05) is 38.2 Å². The highest BCUT2D eigenvalue weighted by molar-refractivity contribution is 5.95. The highest BCUT2D eigenvalue weighted by Crippen LogP contribution is 2.32. The number of hydrogen-bond donors (Lipinski definition) is 0. The van der Waals surface area contributed by atoms with E-state index in [9.17, 15) is 9.59 Å². The zero-order valence-electron chi connectivity index (χ0n) is 20.6. The molecule has 0 radical (unpaired) electrons. The molecule has 0 bridgehead atoms. The standard InChI is InChI=1S/C29H33N3O3/c1-20-9-10-26(29(34)31(2)19-25-8-5-15-35-25)28(30-20)22-11-13-32(14-12-22)27(33)18-21-16-23-6-3-4-7-24(23)17-21/h3-10,15,21-22H,11-14,16-19H2,1-2H3. The summed E-state index contributed by atoms with van der Waals surface area (Å²) in [4.78, 5) is 34.8. The predicted molar refractivity (Wildman–Crippen MR) is 134 cm³/mol. The van der Waals surface area contributed by atoms with Gasteiger partial charge in [-0.05, 0) is 73.9 Å². The molecule has 0 unspecified atom stereocenters. The first kappa shape index (κ1) is 23.3. The molecule has 0 N–H and O–H groups in total. The van der Waals surface area contributed by atoms with Crippen molar-refractivity contribution in [2.75, 3.05) is 20.1 Å². The average Bonchev–Trinajstić information content (AvgIpc) is 3.53. The second-order valence-electron chi connectivity index (χ2n) is 10.0. The van der Waals surface area contributed by atoms with E-state index in [1.54, 1.807) is 18.2 Å². The van der Waals surface area contributed by atoms with Crippen molar-refractivity contribution in [2.24, 2.45) is 5.92 Å². The van der Waals surface area contributed by atoms with Crippen molar-refractivity contribution in [1.82, 2.24) is 14.8 Å². The number of carbonyl (C=O) groups excluding carboxylic acids is 2. The highest BCUT2D eigenvalue weighted by Gasteiger charge is 2.31. The molecule has 1 saturated heterocycles. The number of likely N-dealkylation sites (tertiary alicyclic amines) is 1. The van der Waals surface area contributed by atoms with Crippen LogP contribution in [0.3, 0.4) is 0 Å². The molecule has 0 spiro atoms. The predicted octanol–water partition coefficient (Wildman–Crippen LogP) is 4.77. The second kappa shape index (κ2) is 10.1. The molecule has 6 nitrogen and oxygen atoms in total. The zero-order valence-corrected chi connectivity index (χ0v) is 20.6. The fourth-order valence-corrected chi connectivity index (χ4v) is 5.56. The number of rotatable bonds is 6. The summed E-state index contributed by atoms with van der Waals surface area (Å²) in [6.45, 7) is 3.81. The minimum absolute atomic E-state index is 0.0526. The van der Waals surface area contributed by atoms with E-state index in [1.165, 1.54) is 11.1 Å². The molecule has 2 aliphatic rings. The van der Waals surface area contributed by atoms with E-state index in [4.69, 9.17) is 9.40 Å². The highest BCUT2D eigenvalue weighted by atomic mass is 16.3.